The number of amides is 1. The van der Waals surface area contributed by atoms with Crippen LogP contribution in [0, 0.1) is 17.0 Å². The SMILES string of the molecule is Cc1c(C(=O)N(CCCN(C)C)C2CCS(=O)(=O)C2)cccc1[N+](=O)[O-]. The zero-order chi connectivity index (χ0) is 19.5. The lowest BCUT2D eigenvalue weighted by Crippen LogP contribution is -2.42. The van der Waals surface area contributed by atoms with Crippen molar-refractivity contribution in [3.63, 3.8) is 0 Å². The molecule has 0 N–H and O–H groups in total. The van der Waals surface area contributed by atoms with Crippen LogP contribution in [0.25, 0.3) is 0 Å². The maximum Gasteiger partial charge on any atom is 0.273 e. The molecule has 1 aliphatic heterocycles. The first-order valence-corrected chi connectivity index (χ1v) is 10.3. The molecule has 0 aliphatic carbocycles. The summed E-state index contributed by atoms with van der Waals surface area (Å²) < 4.78 is 23.7. The summed E-state index contributed by atoms with van der Waals surface area (Å²) in [6.07, 6.45) is 1.10. The summed E-state index contributed by atoms with van der Waals surface area (Å²) in [5.41, 5.74) is 0.456. The Hall–Kier alpha value is -2.00. The van der Waals surface area contributed by atoms with Gasteiger partial charge in [-0.1, -0.05) is 6.07 Å². The molecule has 0 saturated carbocycles. The second-order valence-corrected chi connectivity index (χ2v) is 9.15. The van der Waals surface area contributed by atoms with Crippen LogP contribution in [0.3, 0.4) is 0 Å². The second kappa shape index (κ2) is 8.13. The minimum absolute atomic E-state index is 0.0469. The van der Waals surface area contributed by atoms with Crippen LogP contribution in [0.5, 0.6) is 0 Å². The normalized spacial score (nSPS) is 18.8. The molecule has 1 amide bonds. The van der Waals surface area contributed by atoms with Crippen molar-refractivity contribution in [3.8, 4) is 0 Å². The third-order valence-corrected chi connectivity index (χ3v) is 6.40. The highest BCUT2D eigenvalue weighted by Gasteiger charge is 2.35. The summed E-state index contributed by atoms with van der Waals surface area (Å²) in [5, 5.41) is 11.2. The lowest BCUT2D eigenvalue weighted by atomic mass is 10.0. The molecule has 0 bridgehead atoms. The van der Waals surface area contributed by atoms with Crippen LogP contribution in [0.2, 0.25) is 0 Å². The molecule has 1 aromatic rings. The zero-order valence-corrected chi connectivity index (χ0v) is 16.2. The van der Waals surface area contributed by atoms with Crippen molar-refractivity contribution in [2.75, 3.05) is 38.7 Å². The molecule has 1 fully saturated rings. The smallest absolute Gasteiger partial charge is 0.273 e. The molecular weight excluding hydrogens is 358 g/mol. The summed E-state index contributed by atoms with van der Waals surface area (Å²) in [4.78, 5) is 27.3. The number of carbonyl (C=O) groups excluding carboxylic acids is 1. The molecule has 1 heterocycles. The van der Waals surface area contributed by atoms with E-state index >= 15 is 0 Å². The van der Waals surface area contributed by atoms with Crippen molar-refractivity contribution < 1.29 is 18.1 Å². The Morgan fingerprint density at radius 1 is 1.31 bits per heavy atom. The summed E-state index contributed by atoms with van der Waals surface area (Å²) in [6, 6.07) is 4.03. The number of benzene rings is 1. The van der Waals surface area contributed by atoms with Crippen molar-refractivity contribution in [1.82, 2.24) is 9.80 Å². The van der Waals surface area contributed by atoms with E-state index in [9.17, 15) is 23.3 Å². The molecular formula is C17H25N3O5S. The summed E-state index contributed by atoms with van der Waals surface area (Å²) >= 11 is 0. The molecule has 1 unspecified atom stereocenters. The lowest BCUT2D eigenvalue weighted by Gasteiger charge is -2.29. The van der Waals surface area contributed by atoms with Crippen molar-refractivity contribution in [1.29, 1.82) is 0 Å². The largest absolute Gasteiger partial charge is 0.335 e. The predicted molar refractivity (Wildman–Crippen MR) is 99.1 cm³/mol. The van der Waals surface area contributed by atoms with Gasteiger partial charge in [-0.05, 0) is 46.5 Å². The third-order valence-electron chi connectivity index (χ3n) is 4.65. The topological polar surface area (TPSA) is 101 Å². The van der Waals surface area contributed by atoms with E-state index < -0.39 is 14.8 Å². The minimum atomic E-state index is -3.14. The Kier molecular flexibility index (Phi) is 6.35. The molecule has 144 valence electrons. The Bertz CT molecular complexity index is 792. The molecule has 2 rings (SSSR count). The van der Waals surface area contributed by atoms with E-state index in [2.05, 4.69) is 0 Å². The van der Waals surface area contributed by atoms with E-state index in [1.54, 1.807) is 17.9 Å². The Balaban J connectivity index is 2.31. The summed E-state index contributed by atoms with van der Waals surface area (Å²) in [7, 11) is 0.713. The van der Waals surface area contributed by atoms with Crippen LogP contribution in [-0.2, 0) is 9.84 Å². The van der Waals surface area contributed by atoms with Crippen molar-refractivity contribution in [3.05, 3.63) is 39.4 Å². The van der Waals surface area contributed by atoms with Gasteiger partial charge in [0.15, 0.2) is 9.84 Å². The van der Waals surface area contributed by atoms with Gasteiger partial charge < -0.3 is 9.80 Å². The monoisotopic (exact) mass is 383 g/mol. The number of hydrogen-bond acceptors (Lipinski definition) is 6. The van der Waals surface area contributed by atoms with Crippen LogP contribution in [0.4, 0.5) is 5.69 Å². The predicted octanol–water partition coefficient (Wildman–Crippen LogP) is 1.48. The van der Waals surface area contributed by atoms with Crippen molar-refractivity contribution in [2.45, 2.75) is 25.8 Å². The molecule has 8 nitrogen and oxygen atoms in total. The maximum atomic E-state index is 13.1. The zero-order valence-electron chi connectivity index (χ0n) is 15.3. The number of rotatable bonds is 7. The fourth-order valence-corrected chi connectivity index (χ4v) is 4.97. The number of carbonyl (C=O) groups is 1. The van der Waals surface area contributed by atoms with Crippen LogP contribution >= 0.6 is 0 Å². The quantitative estimate of drug-likeness (QED) is 0.522. The molecule has 1 aliphatic rings. The Morgan fingerprint density at radius 2 is 2.00 bits per heavy atom. The van der Waals surface area contributed by atoms with Gasteiger partial charge >= 0.3 is 0 Å². The first kappa shape index (κ1) is 20.3. The average Bonchev–Trinajstić information content (AvgIpc) is 2.90. The van der Waals surface area contributed by atoms with E-state index in [-0.39, 0.29) is 34.7 Å². The molecule has 26 heavy (non-hydrogen) atoms. The number of sulfone groups is 1. The minimum Gasteiger partial charge on any atom is -0.335 e. The molecule has 0 aromatic heterocycles. The molecule has 9 heteroatoms. The van der Waals surface area contributed by atoms with Crippen molar-refractivity contribution >= 4 is 21.4 Å². The highest BCUT2D eigenvalue weighted by Crippen LogP contribution is 2.25. The van der Waals surface area contributed by atoms with Crippen LogP contribution < -0.4 is 0 Å². The van der Waals surface area contributed by atoms with Gasteiger partial charge in [-0.3, -0.25) is 14.9 Å². The Labute approximate surface area is 153 Å². The van der Waals surface area contributed by atoms with Crippen molar-refractivity contribution in [2.24, 2.45) is 0 Å². The second-order valence-electron chi connectivity index (χ2n) is 6.92. The molecule has 0 radical (unpaired) electrons. The van der Waals surface area contributed by atoms with Gasteiger partial charge in [0, 0.05) is 29.8 Å². The van der Waals surface area contributed by atoms with E-state index in [0.717, 1.165) is 6.54 Å². The highest BCUT2D eigenvalue weighted by molar-refractivity contribution is 7.91. The highest BCUT2D eigenvalue weighted by atomic mass is 32.2. The van der Waals surface area contributed by atoms with Gasteiger partial charge in [-0.25, -0.2) is 8.42 Å². The van der Waals surface area contributed by atoms with E-state index in [1.807, 2.05) is 19.0 Å². The summed E-state index contributed by atoms with van der Waals surface area (Å²) in [5.74, 6) is -0.315. The van der Waals surface area contributed by atoms with Gasteiger partial charge in [0.1, 0.15) is 0 Å². The van der Waals surface area contributed by atoms with Crippen LogP contribution in [0.1, 0.15) is 28.8 Å². The fourth-order valence-electron chi connectivity index (χ4n) is 3.24. The van der Waals surface area contributed by atoms with Gasteiger partial charge in [-0.2, -0.15) is 0 Å². The fraction of sp³-hybridized carbons (Fsp3) is 0.588. The molecule has 1 aromatic carbocycles. The van der Waals surface area contributed by atoms with E-state index in [1.165, 1.54) is 12.1 Å². The molecule has 1 atom stereocenters. The maximum absolute atomic E-state index is 13.1. The van der Waals surface area contributed by atoms with E-state index in [0.29, 0.717) is 24.9 Å². The lowest BCUT2D eigenvalue weighted by molar-refractivity contribution is -0.385. The van der Waals surface area contributed by atoms with Crippen LogP contribution in [-0.4, -0.2) is 73.8 Å². The number of nitro groups is 1. The summed E-state index contributed by atoms with van der Waals surface area (Å²) in [6.45, 7) is 2.73. The van der Waals surface area contributed by atoms with Gasteiger partial charge in [0.05, 0.1) is 16.4 Å². The number of hydrogen-bond donors (Lipinski definition) is 0. The standard InChI is InChI=1S/C17H25N3O5S/c1-13-15(6-4-7-16(13)20(22)23)17(21)19(10-5-9-18(2)3)14-8-11-26(24,25)12-14/h4,6-7,14H,5,8-12H2,1-3H3. The van der Waals surface area contributed by atoms with E-state index in [4.69, 9.17) is 0 Å². The van der Waals surface area contributed by atoms with Gasteiger partial charge in [0.2, 0.25) is 0 Å². The third kappa shape index (κ3) is 4.79. The number of nitro benzene ring substituents is 1. The molecule has 1 saturated heterocycles. The van der Waals surface area contributed by atoms with Crippen LogP contribution in [0.15, 0.2) is 18.2 Å². The van der Waals surface area contributed by atoms with Gasteiger partial charge in [0.25, 0.3) is 11.6 Å². The first-order chi connectivity index (χ1) is 12.1. The average molecular weight is 383 g/mol. The first-order valence-electron chi connectivity index (χ1n) is 8.52. The number of nitrogens with zero attached hydrogens (tertiary/aromatic N) is 3. The molecule has 0 spiro atoms. The van der Waals surface area contributed by atoms with Gasteiger partial charge in [-0.15, -0.1) is 0 Å². The Morgan fingerprint density at radius 3 is 2.54 bits per heavy atom.